The van der Waals surface area contributed by atoms with Crippen LogP contribution in [0.1, 0.15) is 5.56 Å². The number of esters is 1. The second-order valence-corrected chi connectivity index (χ2v) is 15.3. The van der Waals surface area contributed by atoms with E-state index in [1.807, 2.05) is 0 Å². The number of carbonyl (C=O) groups excluding carboxylic acids is 1. The number of carbonyl (C=O) groups is 1. The lowest BCUT2D eigenvalue weighted by molar-refractivity contribution is -0.358. The molecule has 23 nitrogen and oxygen atoms in total. The second kappa shape index (κ2) is 19.9. The molecule has 0 amide bonds. The maximum absolute atomic E-state index is 12.5. The second-order valence-electron chi connectivity index (χ2n) is 15.3. The molecule has 15 atom stereocenters. The number of rotatable bonds is 13. The van der Waals surface area contributed by atoms with Crippen LogP contribution in [0, 0.1) is 0 Å². The molecule has 65 heavy (non-hydrogen) atoms. The molecule has 3 saturated heterocycles. The van der Waals surface area contributed by atoms with Gasteiger partial charge in [-0.2, -0.15) is 0 Å². The van der Waals surface area contributed by atoms with E-state index in [1.165, 1.54) is 42.5 Å². The van der Waals surface area contributed by atoms with E-state index in [9.17, 15) is 76.3 Å². The SMILES string of the molecule is O=C(/C=C/c1ccc(O)cc1)OC[C@H]1O[C@@H](O[C@H]2[C@H](Oc3cc4c(O[C@@H]5O[C@H](CO)[C@@H](O)[C@H](O)[C@H]5O)cc(O)cc4[o+]c3-c3ccc(O)c(O)c3)O[C@H](CO)[C@@H](O)[C@@H]2O)[C@H](O)[C@@H](O)[C@@H]1O. The quantitative estimate of drug-likeness (QED) is 0.0289. The van der Waals surface area contributed by atoms with Crippen molar-refractivity contribution in [2.24, 2.45) is 0 Å². The van der Waals surface area contributed by atoms with Crippen LogP contribution in [0.2, 0.25) is 0 Å². The van der Waals surface area contributed by atoms with E-state index in [4.69, 9.17) is 37.6 Å². The zero-order valence-corrected chi connectivity index (χ0v) is 33.6. The number of fused-ring (bicyclic) bond motifs is 1. The molecule has 0 spiro atoms. The molecule has 4 heterocycles. The van der Waals surface area contributed by atoms with Crippen molar-refractivity contribution >= 4 is 23.0 Å². The van der Waals surface area contributed by atoms with Crippen molar-refractivity contribution in [3.05, 3.63) is 72.3 Å². The van der Waals surface area contributed by atoms with Crippen LogP contribution in [0.5, 0.6) is 34.5 Å². The Morgan fingerprint density at radius 3 is 1.86 bits per heavy atom. The van der Waals surface area contributed by atoms with Gasteiger partial charge in [0.1, 0.15) is 96.4 Å². The van der Waals surface area contributed by atoms with Crippen molar-refractivity contribution in [2.45, 2.75) is 92.1 Å². The van der Waals surface area contributed by atoms with Crippen molar-refractivity contribution in [1.29, 1.82) is 0 Å². The number of hydrogen-bond donors (Lipinski definition) is 14. The number of aliphatic hydroxyl groups is 10. The van der Waals surface area contributed by atoms with Crippen LogP contribution < -0.4 is 9.47 Å². The lowest BCUT2D eigenvalue weighted by Gasteiger charge is -2.45. The lowest BCUT2D eigenvalue weighted by Crippen LogP contribution is -2.65. The Morgan fingerprint density at radius 1 is 0.600 bits per heavy atom. The van der Waals surface area contributed by atoms with Gasteiger partial charge in [-0.05, 0) is 35.9 Å². The maximum atomic E-state index is 12.5. The molecule has 0 unspecified atom stereocenters. The van der Waals surface area contributed by atoms with Gasteiger partial charge in [0, 0.05) is 24.3 Å². The van der Waals surface area contributed by atoms with Crippen molar-refractivity contribution in [2.75, 3.05) is 19.8 Å². The van der Waals surface area contributed by atoms with E-state index in [2.05, 4.69) is 0 Å². The van der Waals surface area contributed by atoms with Crippen molar-refractivity contribution in [1.82, 2.24) is 0 Å². The molecule has 14 N–H and O–H groups in total. The highest BCUT2D eigenvalue weighted by Gasteiger charge is 2.52. The van der Waals surface area contributed by atoms with Crippen LogP contribution in [-0.2, 0) is 28.5 Å². The first-order chi connectivity index (χ1) is 31.0. The average Bonchev–Trinajstić information content (AvgIpc) is 3.29. The maximum Gasteiger partial charge on any atom is 0.402 e. The smallest absolute Gasteiger partial charge is 0.402 e. The van der Waals surface area contributed by atoms with Gasteiger partial charge in [-0.25, -0.2) is 9.21 Å². The summed E-state index contributed by atoms with van der Waals surface area (Å²) in [6, 6.07) is 12.6. The molecular weight excluding hydrogens is 872 g/mol. The van der Waals surface area contributed by atoms with Crippen molar-refractivity contribution in [3.8, 4) is 45.8 Å². The minimum Gasteiger partial charge on any atom is -0.508 e. The van der Waals surface area contributed by atoms with Gasteiger partial charge < -0.3 is 105 Å². The fourth-order valence-electron chi connectivity index (χ4n) is 7.22. The van der Waals surface area contributed by atoms with E-state index < -0.39 is 135 Å². The highest BCUT2D eigenvalue weighted by Crippen LogP contribution is 2.44. The normalized spacial score (nSPS) is 32.9. The van der Waals surface area contributed by atoms with E-state index in [0.29, 0.717) is 5.56 Å². The number of phenols is 4. The van der Waals surface area contributed by atoms with Gasteiger partial charge in [-0.15, -0.1) is 0 Å². The van der Waals surface area contributed by atoms with Gasteiger partial charge in [0.25, 0.3) is 0 Å². The molecule has 1 aromatic heterocycles. The first-order valence-corrected chi connectivity index (χ1v) is 19.9. The molecule has 7 rings (SSSR count). The van der Waals surface area contributed by atoms with E-state index in [0.717, 1.165) is 30.3 Å². The Bertz CT molecular complexity index is 2310. The van der Waals surface area contributed by atoms with E-state index in [-0.39, 0.29) is 39.5 Å². The third-order valence-electron chi connectivity index (χ3n) is 10.9. The molecule has 4 aromatic rings. The van der Waals surface area contributed by atoms with Crippen LogP contribution >= 0.6 is 0 Å². The Kier molecular flexibility index (Phi) is 14.6. The fourth-order valence-corrected chi connectivity index (χ4v) is 7.22. The molecule has 3 aromatic carbocycles. The summed E-state index contributed by atoms with van der Waals surface area (Å²) in [4.78, 5) is 12.5. The van der Waals surface area contributed by atoms with Crippen molar-refractivity contribution < 1.29 is 114 Å². The fraction of sp³-hybridized carbons (Fsp3) is 0.429. The number of aromatic hydroxyl groups is 4. The average molecular weight is 920 g/mol. The Labute approximate surface area is 366 Å². The first-order valence-electron chi connectivity index (χ1n) is 19.9. The Morgan fingerprint density at radius 2 is 1.20 bits per heavy atom. The van der Waals surface area contributed by atoms with Gasteiger partial charge in [-0.1, -0.05) is 12.1 Å². The zero-order chi connectivity index (χ0) is 46.9. The van der Waals surface area contributed by atoms with Crippen LogP contribution in [0.15, 0.2) is 71.2 Å². The largest absolute Gasteiger partial charge is 0.508 e. The predicted octanol–water partition coefficient (Wildman–Crippen LogP) is -2.35. The summed E-state index contributed by atoms with van der Waals surface area (Å²) in [5, 5.41) is 147. The number of hydrogen-bond acceptors (Lipinski definition) is 22. The first kappa shape index (κ1) is 47.5. The summed E-state index contributed by atoms with van der Waals surface area (Å²) >= 11 is 0. The van der Waals surface area contributed by atoms with Crippen LogP contribution in [0.4, 0.5) is 0 Å². The number of aliphatic hydroxyl groups excluding tert-OH is 10. The molecule has 352 valence electrons. The van der Waals surface area contributed by atoms with Gasteiger partial charge in [0.05, 0.1) is 24.8 Å². The third kappa shape index (κ3) is 10.2. The topological polar surface area (TPSA) is 376 Å². The van der Waals surface area contributed by atoms with Crippen LogP contribution in [-0.4, -0.2) is 189 Å². The molecule has 0 radical (unpaired) electrons. The minimum atomic E-state index is -2.06. The van der Waals surface area contributed by atoms with Gasteiger partial charge in [0.2, 0.25) is 18.3 Å². The summed E-state index contributed by atoms with van der Waals surface area (Å²) in [6.07, 6.45) is -25.0. The summed E-state index contributed by atoms with van der Waals surface area (Å²) in [5.41, 5.74) is 0.362. The van der Waals surface area contributed by atoms with Crippen LogP contribution in [0.25, 0.3) is 28.4 Å². The third-order valence-corrected chi connectivity index (χ3v) is 10.9. The summed E-state index contributed by atoms with van der Waals surface area (Å²) < 4.78 is 46.3. The number of phenolic OH excluding ortho intramolecular Hbond substituents is 4. The molecule has 0 saturated carbocycles. The number of ether oxygens (including phenoxy) is 7. The standard InChI is InChI=1S/C42H46O23/c43-13-26-30(50)33(53)36(56)40(62-26)60-24-11-19(46)10-23-20(24)12-25(38(59-23)17-4-7-21(47)22(48)9-17)61-42-39(35(55)31(51)27(14-44)63-42)65-41-37(57)34(54)32(52)28(64-41)15-58-29(49)8-3-16-1-5-18(45)6-2-16/h1-12,26-28,30-37,39-44,50-57H,13-15H2,(H3-,45,46,47,48,49)/p+1/t26-,27-,28-,30-,31-,32-,33+,34+,35+,36-,37-,39-,40-,41+,42-/m1/s1. The highest BCUT2D eigenvalue weighted by atomic mass is 16.8. The molecular formula is C42H47O23+. The monoisotopic (exact) mass is 919 g/mol. The minimum absolute atomic E-state index is 0.00131. The summed E-state index contributed by atoms with van der Waals surface area (Å²) in [6.45, 7) is -2.39. The summed E-state index contributed by atoms with van der Waals surface area (Å²) in [5.74, 6) is -3.52. The van der Waals surface area contributed by atoms with Gasteiger partial charge in [0.15, 0.2) is 23.9 Å². The zero-order valence-electron chi connectivity index (χ0n) is 33.6. The molecule has 23 heteroatoms. The Balaban J connectivity index is 1.21. The molecule has 0 aliphatic carbocycles. The van der Waals surface area contributed by atoms with E-state index in [1.54, 1.807) is 0 Å². The summed E-state index contributed by atoms with van der Waals surface area (Å²) in [7, 11) is 0. The van der Waals surface area contributed by atoms with Crippen LogP contribution in [0.3, 0.4) is 0 Å². The molecule has 0 bridgehead atoms. The van der Waals surface area contributed by atoms with E-state index >= 15 is 0 Å². The predicted molar refractivity (Wildman–Crippen MR) is 213 cm³/mol. The lowest BCUT2D eigenvalue weighted by atomic mass is 9.97. The van der Waals surface area contributed by atoms with Gasteiger partial charge in [-0.3, -0.25) is 0 Å². The Hall–Kier alpha value is -5.48. The molecule has 3 fully saturated rings. The number of benzene rings is 3. The van der Waals surface area contributed by atoms with Crippen molar-refractivity contribution in [3.63, 3.8) is 0 Å². The molecule has 3 aliphatic heterocycles. The molecule has 3 aliphatic rings. The van der Waals surface area contributed by atoms with Gasteiger partial charge >= 0.3 is 17.3 Å². The highest BCUT2D eigenvalue weighted by molar-refractivity contribution is 5.89.